The van der Waals surface area contributed by atoms with Crippen LogP contribution < -0.4 is 5.73 Å². The Kier molecular flexibility index (Phi) is 1.86. The topological polar surface area (TPSA) is 69.4 Å². The number of hydrogen-bond acceptors (Lipinski definition) is 4. The molecular formula is C10H9NO3. The van der Waals surface area contributed by atoms with Gasteiger partial charge in [0.1, 0.15) is 0 Å². The SMILES string of the molecule is CC(=O)c1ccc2c(c1)C(=O)OC2N. The number of esters is 1. The van der Waals surface area contributed by atoms with E-state index in [0.717, 1.165) is 0 Å². The van der Waals surface area contributed by atoms with Crippen molar-refractivity contribution in [2.45, 2.75) is 13.2 Å². The van der Waals surface area contributed by atoms with Crippen molar-refractivity contribution in [1.29, 1.82) is 0 Å². The summed E-state index contributed by atoms with van der Waals surface area (Å²) in [5.74, 6) is -0.545. The first kappa shape index (κ1) is 8.90. The van der Waals surface area contributed by atoms with Crippen molar-refractivity contribution in [1.82, 2.24) is 0 Å². The maximum Gasteiger partial charge on any atom is 0.340 e. The molecule has 0 saturated carbocycles. The molecular weight excluding hydrogens is 182 g/mol. The van der Waals surface area contributed by atoms with Crippen molar-refractivity contribution in [3.05, 3.63) is 34.9 Å². The highest BCUT2D eigenvalue weighted by Crippen LogP contribution is 2.27. The third-order valence-corrected chi connectivity index (χ3v) is 2.22. The smallest absolute Gasteiger partial charge is 0.340 e. The molecule has 1 unspecified atom stereocenters. The number of hydrogen-bond donors (Lipinski definition) is 1. The maximum atomic E-state index is 11.2. The lowest BCUT2D eigenvalue weighted by Crippen LogP contribution is -2.08. The molecule has 14 heavy (non-hydrogen) atoms. The van der Waals surface area contributed by atoms with Crippen LogP contribution in [0.3, 0.4) is 0 Å². The minimum atomic E-state index is -0.696. The Hall–Kier alpha value is -1.68. The quantitative estimate of drug-likeness (QED) is 0.531. The fraction of sp³-hybridized carbons (Fsp3) is 0.200. The lowest BCUT2D eigenvalue weighted by molar-refractivity contribution is 0.0399. The van der Waals surface area contributed by atoms with E-state index in [4.69, 9.17) is 10.5 Å². The van der Waals surface area contributed by atoms with Crippen LogP contribution in [0.15, 0.2) is 18.2 Å². The van der Waals surface area contributed by atoms with Crippen LogP contribution in [-0.2, 0) is 4.74 Å². The van der Waals surface area contributed by atoms with Crippen LogP contribution in [0.25, 0.3) is 0 Å². The van der Waals surface area contributed by atoms with Crippen LogP contribution in [0.1, 0.15) is 39.4 Å². The Labute approximate surface area is 80.7 Å². The standard InChI is InChI=1S/C10H9NO3/c1-5(12)6-2-3-7-8(4-6)10(13)14-9(7)11/h2-4,9H,11H2,1H3. The van der Waals surface area contributed by atoms with E-state index in [1.165, 1.54) is 13.0 Å². The Bertz CT molecular complexity index is 425. The second kappa shape index (κ2) is 2.92. The molecule has 1 aliphatic heterocycles. The highest BCUT2D eigenvalue weighted by molar-refractivity contribution is 5.99. The van der Waals surface area contributed by atoms with Crippen molar-refractivity contribution in [3.63, 3.8) is 0 Å². The lowest BCUT2D eigenvalue weighted by Gasteiger charge is -2.01. The molecule has 1 aliphatic rings. The van der Waals surface area contributed by atoms with E-state index in [1.807, 2.05) is 0 Å². The summed E-state index contributed by atoms with van der Waals surface area (Å²) < 4.78 is 4.79. The first-order valence-electron chi connectivity index (χ1n) is 4.21. The third-order valence-electron chi connectivity index (χ3n) is 2.22. The van der Waals surface area contributed by atoms with Crippen molar-refractivity contribution in [2.24, 2.45) is 5.73 Å². The van der Waals surface area contributed by atoms with Crippen LogP contribution in [-0.4, -0.2) is 11.8 Å². The van der Waals surface area contributed by atoms with Gasteiger partial charge in [-0.25, -0.2) is 4.79 Å². The van der Waals surface area contributed by atoms with Gasteiger partial charge in [0, 0.05) is 11.1 Å². The number of ketones is 1. The number of fused-ring (bicyclic) bond motifs is 1. The number of carbonyl (C=O) groups is 2. The van der Waals surface area contributed by atoms with Gasteiger partial charge in [0.2, 0.25) is 0 Å². The number of benzene rings is 1. The largest absolute Gasteiger partial charge is 0.439 e. The van der Waals surface area contributed by atoms with Gasteiger partial charge in [0.25, 0.3) is 0 Å². The minimum absolute atomic E-state index is 0.0823. The zero-order chi connectivity index (χ0) is 10.3. The summed E-state index contributed by atoms with van der Waals surface area (Å²) >= 11 is 0. The molecule has 4 heteroatoms. The number of rotatable bonds is 1. The molecule has 0 amide bonds. The summed E-state index contributed by atoms with van der Waals surface area (Å²) in [5.41, 5.74) is 7.06. The summed E-state index contributed by atoms with van der Waals surface area (Å²) in [4.78, 5) is 22.3. The molecule has 2 rings (SSSR count). The average molecular weight is 191 g/mol. The average Bonchev–Trinajstić information content (AvgIpc) is 2.42. The van der Waals surface area contributed by atoms with Crippen molar-refractivity contribution < 1.29 is 14.3 Å². The van der Waals surface area contributed by atoms with Crippen molar-refractivity contribution in [2.75, 3.05) is 0 Å². The van der Waals surface area contributed by atoms with E-state index >= 15 is 0 Å². The first-order chi connectivity index (χ1) is 6.59. The van der Waals surface area contributed by atoms with Gasteiger partial charge in [-0.15, -0.1) is 0 Å². The number of Topliss-reactive ketones (excluding diaryl/α,β-unsaturated/α-hetero) is 1. The number of carbonyl (C=O) groups excluding carboxylic acids is 2. The Morgan fingerprint density at radius 3 is 2.86 bits per heavy atom. The lowest BCUT2D eigenvalue weighted by atomic mass is 10.0. The molecule has 0 aliphatic carbocycles. The predicted molar refractivity (Wildman–Crippen MR) is 48.8 cm³/mol. The molecule has 1 atom stereocenters. The zero-order valence-electron chi connectivity index (χ0n) is 7.61. The molecule has 2 N–H and O–H groups in total. The van der Waals surface area contributed by atoms with E-state index in [1.54, 1.807) is 12.1 Å². The summed E-state index contributed by atoms with van der Waals surface area (Å²) in [6, 6.07) is 4.82. The molecule has 0 bridgehead atoms. The Balaban J connectivity index is 2.55. The van der Waals surface area contributed by atoms with E-state index in [9.17, 15) is 9.59 Å². The van der Waals surface area contributed by atoms with Gasteiger partial charge in [-0.1, -0.05) is 12.1 Å². The molecule has 1 aromatic carbocycles. The van der Waals surface area contributed by atoms with E-state index in [0.29, 0.717) is 16.7 Å². The fourth-order valence-electron chi connectivity index (χ4n) is 1.44. The number of ether oxygens (including phenoxy) is 1. The van der Waals surface area contributed by atoms with Crippen LogP contribution in [0.5, 0.6) is 0 Å². The Morgan fingerprint density at radius 1 is 1.50 bits per heavy atom. The van der Waals surface area contributed by atoms with Crippen molar-refractivity contribution >= 4 is 11.8 Å². The van der Waals surface area contributed by atoms with Crippen LogP contribution >= 0.6 is 0 Å². The third kappa shape index (κ3) is 1.20. The molecule has 0 aromatic heterocycles. The van der Waals surface area contributed by atoms with Crippen LogP contribution in [0.4, 0.5) is 0 Å². The number of cyclic esters (lactones) is 1. The molecule has 0 saturated heterocycles. The summed E-state index contributed by atoms with van der Waals surface area (Å²) in [5, 5.41) is 0. The van der Waals surface area contributed by atoms with Gasteiger partial charge in [-0.3, -0.25) is 10.5 Å². The van der Waals surface area contributed by atoms with Gasteiger partial charge in [-0.2, -0.15) is 0 Å². The summed E-state index contributed by atoms with van der Waals surface area (Å²) in [7, 11) is 0. The van der Waals surface area contributed by atoms with Crippen LogP contribution in [0.2, 0.25) is 0 Å². The summed E-state index contributed by atoms with van der Waals surface area (Å²) in [6.45, 7) is 1.45. The van der Waals surface area contributed by atoms with E-state index < -0.39 is 12.2 Å². The normalized spacial score (nSPS) is 19.0. The molecule has 1 aromatic rings. The molecule has 0 radical (unpaired) electrons. The number of nitrogens with two attached hydrogens (primary N) is 1. The zero-order valence-corrected chi connectivity index (χ0v) is 7.61. The predicted octanol–water partition coefficient (Wildman–Crippen LogP) is 1.02. The molecule has 4 nitrogen and oxygen atoms in total. The second-order valence-electron chi connectivity index (χ2n) is 3.18. The van der Waals surface area contributed by atoms with Crippen LogP contribution in [0, 0.1) is 0 Å². The second-order valence-corrected chi connectivity index (χ2v) is 3.18. The monoisotopic (exact) mass is 191 g/mol. The maximum absolute atomic E-state index is 11.2. The molecule has 0 spiro atoms. The fourth-order valence-corrected chi connectivity index (χ4v) is 1.44. The highest BCUT2D eigenvalue weighted by Gasteiger charge is 2.28. The van der Waals surface area contributed by atoms with E-state index in [2.05, 4.69) is 0 Å². The van der Waals surface area contributed by atoms with Crippen molar-refractivity contribution in [3.8, 4) is 0 Å². The molecule has 0 fully saturated rings. The molecule has 72 valence electrons. The van der Waals surface area contributed by atoms with Gasteiger partial charge in [-0.05, 0) is 13.0 Å². The Morgan fingerprint density at radius 2 is 2.21 bits per heavy atom. The molecule has 1 heterocycles. The first-order valence-corrected chi connectivity index (χ1v) is 4.21. The van der Waals surface area contributed by atoms with Gasteiger partial charge in [0.15, 0.2) is 12.0 Å². The highest BCUT2D eigenvalue weighted by atomic mass is 16.6. The van der Waals surface area contributed by atoms with E-state index in [-0.39, 0.29) is 5.78 Å². The summed E-state index contributed by atoms with van der Waals surface area (Å²) in [6.07, 6.45) is -0.696. The van der Waals surface area contributed by atoms with Gasteiger partial charge >= 0.3 is 5.97 Å². The van der Waals surface area contributed by atoms with Gasteiger partial charge < -0.3 is 4.74 Å². The minimum Gasteiger partial charge on any atom is -0.439 e. The van der Waals surface area contributed by atoms with Gasteiger partial charge in [0.05, 0.1) is 5.56 Å².